The molecular weight excluding hydrogens is 254 g/mol. The van der Waals surface area contributed by atoms with Crippen molar-refractivity contribution >= 4 is 6.09 Å². The summed E-state index contributed by atoms with van der Waals surface area (Å²) >= 11 is 0. The Balaban J connectivity index is 1.62. The molecule has 0 bridgehead atoms. The maximum absolute atomic E-state index is 11.6. The summed E-state index contributed by atoms with van der Waals surface area (Å²) in [4.78, 5) is 11.6. The summed E-state index contributed by atoms with van der Waals surface area (Å²) in [5.41, 5.74) is 0.730. The molecule has 2 rings (SSSR count). The number of hydrogen-bond acceptors (Lipinski definition) is 3. The molecule has 1 aliphatic rings. The lowest BCUT2D eigenvalue weighted by atomic mass is 9.89. The second-order valence-electron chi connectivity index (χ2n) is 6.23. The van der Waals surface area contributed by atoms with Crippen LogP contribution in [-0.4, -0.2) is 23.8 Å². The summed E-state index contributed by atoms with van der Waals surface area (Å²) < 4.78 is 11.0. The van der Waals surface area contributed by atoms with Gasteiger partial charge in [0.2, 0.25) is 0 Å². The third-order valence-corrected chi connectivity index (χ3v) is 3.14. The molecule has 1 fully saturated rings. The smallest absolute Gasteiger partial charge is 0.407 e. The van der Waals surface area contributed by atoms with E-state index in [1.807, 2.05) is 39.0 Å². The summed E-state index contributed by atoms with van der Waals surface area (Å²) in [6, 6.07) is 10.3. The largest absolute Gasteiger partial charge is 0.444 e. The minimum absolute atomic E-state index is 0.172. The molecule has 1 N–H and O–H groups in total. The highest BCUT2D eigenvalue weighted by atomic mass is 16.6. The topological polar surface area (TPSA) is 47.6 Å². The second kappa shape index (κ2) is 6.27. The molecule has 1 aromatic carbocycles. The second-order valence-corrected chi connectivity index (χ2v) is 6.23. The van der Waals surface area contributed by atoms with Gasteiger partial charge in [0.15, 0.2) is 0 Å². The zero-order valence-corrected chi connectivity index (χ0v) is 12.4. The molecule has 20 heavy (non-hydrogen) atoms. The zero-order chi connectivity index (χ0) is 14.6. The first-order valence-corrected chi connectivity index (χ1v) is 7.07. The minimum atomic E-state index is -0.447. The van der Waals surface area contributed by atoms with Crippen LogP contribution in [0.1, 0.15) is 39.2 Å². The molecule has 1 saturated carbocycles. The number of nitrogens with one attached hydrogen (secondary N) is 1. The van der Waals surface area contributed by atoms with Gasteiger partial charge in [-0.1, -0.05) is 30.3 Å². The van der Waals surface area contributed by atoms with E-state index in [2.05, 4.69) is 17.4 Å². The van der Waals surface area contributed by atoms with Crippen LogP contribution in [-0.2, 0) is 16.1 Å². The first-order valence-electron chi connectivity index (χ1n) is 7.07. The lowest BCUT2D eigenvalue weighted by Crippen LogP contribution is -2.49. The van der Waals surface area contributed by atoms with Gasteiger partial charge >= 0.3 is 6.09 Å². The molecule has 0 aromatic heterocycles. The molecule has 0 atom stereocenters. The van der Waals surface area contributed by atoms with E-state index in [4.69, 9.17) is 9.47 Å². The molecule has 1 aliphatic carbocycles. The summed E-state index contributed by atoms with van der Waals surface area (Å²) in [6.45, 7) is 6.21. The monoisotopic (exact) mass is 277 g/mol. The number of carbonyl (C=O) groups excluding carboxylic acids is 1. The van der Waals surface area contributed by atoms with Crippen LogP contribution in [0.3, 0.4) is 0 Å². The van der Waals surface area contributed by atoms with Crippen LogP contribution >= 0.6 is 0 Å². The van der Waals surface area contributed by atoms with E-state index in [9.17, 15) is 4.79 Å². The first-order chi connectivity index (χ1) is 9.42. The Morgan fingerprint density at radius 3 is 2.50 bits per heavy atom. The molecule has 1 aromatic rings. The van der Waals surface area contributed by atoms with E-state index < -0.39 is 5.60 Å². The molecule has 0 unspecified atom stereocenters. The van der Waals surface area contributed by atoms with E-state index in [1.54, 1.807) is 0 Å². The molecule has 110 valence electrons. The molecule has 0 radical (unpaired) electrons. The lowest BCUT2D eigenvalue weighted by molar-refractivity contribution is -0.0290. The van der Waals surface area contributed by atoms with E-state index in [1.165, 1.54) is 5.56 Å². The van der Waals surface area contributed by atoms with Crippen LogP contribution in [0.25, 0.3) is 0 Å². The van der Waals surface area contributed by atoms with E-state index in [0.717, 1.165) is 12.8 Å². The Morgan fingerprint density at radius 2 is 1.90 bits per heavy atom. The van der Waals surface area contributed by atoms with Gasteiger partial charge in [0, 0.05) is 6.04 Å². The van der Waals surface area contributed by atoms with Crippen LogP contribution < -0.4 is 5.32 Å². The molecule has 0 heterocycles. The lowest BCUT2D eigenvalue weighted by Gasteiger charge is -2.35. The van der Waals surface area contributed by atoms with Crippen LogP contribution in [0, 0.1) is 0 Å². The Hall–Kier alpha value is -1.55. The van der Waals surface area contributed by atoms with Gasteiger partial charge in [0.25, 0.3) is 0 Å². The van der Waals surface area contributed by atoms with Gasteiger partial charge in [-0.15, -0.1) is 0 Å². The van der Waals surface area contributed by atoms with Crippen molar-refractivity contribution in [2.24, 2.45) is 0 Å². The first kappa shape index (κ1) is 14.9. The fourth-order valence-corrected chi connectivity index (χ4v) is 2.08. The highest BCUT2D eigenvalue weighted by Gasteiger charge is 2.32. The third-order valence-electron chi connectivity index (χ3n) is 3.14. The highest BCUT2D eigenvalue weighted by Crippen LogP contribution is 2.24. The van der Waals surface area contributed by atoms with E-state index in [0.29, 0.717) is 6.61 Å². The summed E-state index contributed by atoms with van der Waals surface area (Å²) in [7, 11) is 0. The Bertz CT molecular complexity index is 433. The van der Waals surface area contributed by atoms with Gasteiger partial charge in [0.1, 0.15) is 5.60 Å². The van der Waals surface area contributed by atoms with Crippen molar-refractivity contribution in [2.75, 3.05) is 0 Å². The molecular formula is C16H23NO3. The van der Waals surface area contributed by atoms with Crippen LogP contribution in [0.2, 0.25) is 0 Å². The quantitative estimate of drug-likeness (QED) is 0.919. The number of ether oxygens (including phenoxy) is 2. The standard InChI is InChI=1S/C16H23NO3/c1-16(2,3)20-15(18)17-13-9-14(10-13)19-11-12-7-5-4-6-8-12/h4-8,13-14H,9-11H2,1-3H3,(H,17,18)/t13-,14+. The van der Waals surface area contributed by atoms with Crippen molar-refractivity contribution < 1.29 is 14.3 Å². The van der Waals surface area contributed by atoms with Crippen molar-refractivity contribution in [3.63, 3.8) is 0 Å². The molecule has 1 amide bonds. The number of rotatable bonds is 4. The summed E-state index contributed by atoms with van der Waals surface area (Å²) in [6.07, 6.45) is 1.59. The van der Waals surface area contributed by atoms with Crippen LogP contribution in [0.5, 0.6) is 0 Å². The number of carbonyl (C=O) groups is 1. The van der Waals surface area contributed by atoms with Gasteiger partial charge < -0.3 is 14.8 Å². The number of hydrogen-bond donors (Lipinski definition) is 1. The van der Waals surface area contributed by atoms with Gasteiger partial charge in [0.05, 0.1) is 12.7 Å². The molecule has 0 aliphatic heterocycles. The van der Waals surface area contributed by atoms with Crippen molar-refractivity contribution in [1.82, 2.24) is 5.32 Å². The Kier molecular flexibility index (Phi) is 4.65. The number of amides is 1. The Labute approximate surface area is 120 Å². The number of alkyl carbamates (subject to hydrolysis) is 1. The van der Waals surface area contributed by atoms with Crippen molar-refractivity contribution in [1.29, 1.82) is 0 Å². The van der Waals surface area contributed by atoms with Crippen molar-refractivity contribution in [3.8, 4) is 0 Å². The van der Waals surface area contributed by atoms with Crippen molar-refractivity contribution in [2.45, 2.75) is 58.0 Å². The van der Waals surface area contributed by atoms with E-state index in [-0.39, 0.29) is 18.2 Å². The fraction of sp³-hybridized carbons (Fsp3) is 0.562. The predicted octanol–water partition coefficient (Wildman–Crippen LogP) is 3.26. The maximum Gasteiger partial charge on any atom is 0.407 e. The molecule has 4 nitrogen and oxygen atoms in total. The molecule has 0 saturated heterocycles. The molecule has 4 heteroatoms. The minimum Gasteiger partial charge on any atom is -0.444 e. The predicted molar refractivity (Wildman–Crippen MR) is 77.4 cm³/mol. The number of benzene rings is 1. The molecule has 0 spiro atoms. The zero-order valence-electron chi connectivity index (χ0n) is 12.4. The van der Waals surface area contributed by atoms with Crippen molar-refractivity contribution in [3.05, 3.63) is 35.9 Å². The normalized spacial score (nSPS) is 21.9. The third kappa shape index (κ3) is 4.85. The van der Waals surface area contributed by atoms with Crippen LogP contribution in [0.15, 0.2) is 30.3 Å². The fourth-order valence-electron chi connectivity index (χ4n) is 2.08. The van der Waals surface area contributed by atoms with Gasteiger partial charge in [-0.2, -0.15) is 0 Å². The van der Waals surface area contributed by atoms with E-state index >= 15 is 0 Å². The average Bonchev–Trinajstić information content (AvgIpc) is 2.31. The van der Waals surface area contributed by atoms with Gasteiger partial charge in [-0.25, -0.2) is 4.79 Å². The Morgan fingerprint density at radius 1 is 1.25 bits per heavy atom. The van der Waals surface area contributed by atoms with Gasteiger partial charge in [-0.3, -0.25) is 0 Å². The maximum atomic E-state index is 11.6. The summed E-state index contributed by atoms with van der Waals surface area (Å²) in [5, 5.41) is 2.86. The van der Waals surface area contributed by atoms with Gasteiger partial charge in [-0.05, 0) is 39.2 Å². The highest BCUT2D eigenvalue weighted by molar-refractivity contribution is 5.68. The van der Waals surface area contributed by atoms with Crippen LogP contribution in [0.4, 0.5) is 4.79 Å². The summed E-state index contributed by atoms with van der Waals surface area (Å²) in [5.74, 6) is 0. The SMILES string of the molecule is CC(C)(C)OC(=O)N[C@H]1C[C@@H](OCc2ccccc2)C1. The average molecular weight is 277 g/mol.